The molecule has 0 saturated heterocycles. The van der Waals surface area contributed by atoms with Gasteiger partial charge in [-0.05, 0) is 35.8 Å². The van der Waals surface area contributed by atoms with Gasteiger partial charge in [0.1, 0.15) is 0 Å². The zero-order chi connectivity index (χ0) is 12.3. The van der Waals surface area contributed by atoms with E-state index < -0.39 is 5.41 Å². The van der Waals surface area contributed by atoms with E-state index in [1.54, 1.807) is 26.1 Å². The summed E-state index contributed by atoms with van der Waals surface area (Å²) in [6.45, 7) is 3.72. The molecule has 1 aromatic heterocycles. The molecule has 1 amide bonds. The molecule has 0 bridgehead atoms. The van der Waals surface area contributed by atoms with Gasteiger partial charge < -0.3 is 4.57 Å². The van der Waals surface area contributed by atoms with Gasteiger partial charge in [0.15, 0.2) is 0 Å². The molecule has 6 heteroatoms. The van der Waals surface area contributed by atoms with Crippen LogP contribution in [-0.4, -0.2) is 10.5 Å². The Bertz CT molecular complexity index is 454. The summed E-state index contributed by atoms with van der Waals surface area (Å²) in [5.41, 5.74) is 1.21. The maximum Gasteiger partial charge on any atom is 0.250 e. The molecule has 0 spiro atoms. The zero-order valence-corrected chi connectivity index (χ0v) is 10.7. The second-order valence-electron chi connectivity index (χ2n) is 4.17. The van der Waals surface area contributed by atoms with E-state index in [-0.39, 0.29) is 18.0 Å². The highest BCUT2D eigenvalue weighted by Crippen LogP contribution is 2.17. The summed E-state index contributed by atoms with van der Waals surface area (Å²) < 4.78 is 2.26. The number of pyridine rings is 1. The molecule has 0 aromatic carbocycles. The number of carbonyl (C=O) groups is 1. The topological polar surface area (TPSA) is 77.1 Å². The van der Waals surface area contributed by atoms with Crippen LogP contribution in [0.4, 0.5) is 0 Å². The van der Waals surface area contributed by atoms with Crippen LogP contribution in [0, 0.1) is 5.41 Å². The fourth-order valence-corrected chi connectivity index (χ4v) is 1.70. The van der Waals surface area contributed by atoms with Crippen LogP contribution in [0.3, 0.4) is 0 Å². The van der Waals surface area contributed by atoms with Crippen LogP contribution >= 0.6 is 15.9 Å². The third kappa shape index (κ3) is 2.93. The number of carbonyl (C=O) groups excluding carboxylic acids is 1. The maximum absolute atomic E-state index is 11.5. The average Bonchev–Trinajstić information content (AvgIpc) is 2.22. The van der Waals surface area contributed by atoms with Gasteiger partial charge in [-0.25, -0.2) is 5.84 Å². The van der Waals surface area contributed by atoms with Crippen LogP contribution in [-0.2, 0) is 11.3 Å². The lowest BCUT2D eigenvalue weighted by Crippen LogP contribution is -2.44. The van der Waals surface area contributed by atoms with Gasteiger partial charge in [-0.2, -0.15) is 0 Å². The monoisotopic (exact) mass is 287 g/mol. The lowest BCUT2D eigenvalue weighted by Gasteiger charge is -2.23. The SMILES string of the molecule is CC(C)(Cn1cc(Br)ccc1=O)C(=O)NN. The molecule has 0 aliphatic rings. The lowest BCUT2D eigenvalue weighted by atomic mass is 9.92. The van der Waals surface area contributed by atoms with Crippen molar-refractivity contribution in [1.82, 2.24) is 9.99 Å². The van der Waals surface area contributed by atoms with Gasteiger partial charge in [-0.3, -0.25) is 15.0 Å². The lowest BCUT2D eigenvalue weighted by molar-refractivity contribution is -0.130. The molecule has 0 unspecified atom stereocenters. The number of hydrogen-bond donors (Lipinski definition) is 2. The zero-order valence-electron chi connectivity index (χ0n) is 9.16. The van der Waals surface area contributed by atoms with Gasteiger partial charge in [-0.15, -0.1) is 0 Å². The summed E-state index contributed by atoms with van der Waals surface area (Å²) in [5, 5.41) is 0. The van der Waals surface area contributed by atoms with Gasteiger partial charge in [0.05, 0.1) is 5.41 Å². The molecule has 3 N–H and O–H groups in total. The summed E-state index contributed by atoms with van der Waals surface area (Å²) in [6, 6.07) is 3.11. The Morgan fingerprint density at radius 2 is 2.19 bits per heavy atom. The van der Waals surface area contributed by atoms with Gasteiger partial charge in [0.25, 0.3) is 5.56 Å². The number of amides is 1. The Balaban J connectivity index is 3.00. The third-order valence-corrected chi connectivity index (χ3v) is 2.73. The molecule has 0 radical (unpaired) electrons. The Morgan fingerprint density at radius 3 is 2.75 bits per heavy atom. The van der Waals surface area contributed by atoms with Crippen molar-refractivity contribution in [2.45, 2.75) is 20.4 Å². The Labute approximate surface area is 102 Å². The minimum absolute atomic E-state index is 0.152. The van der Waals surface area contributed by atoms with Crippen LogP contribution in [0.2, 0.25) is 0 Å². The summed E-state index contributed by atoms with van der Waals surface area (Å²) in [7, 11) is 0. The second-order valence-corrected chi connectivity index (χ2v) is 5.09. The number of hydrogen-bond acceptors (Lipinski definition) is 3. The third-order valence-electron chi connectivity index (χ3n) is 2.26. The van der Waals surface area contributed by atoms with Gasteiger partial charge in [0, 0.05) is 23.3 Å². The largest absolute Gasteiger partial charge is 0.313 e. The van der Waals surface area contributed by atoms with Crippen molar-refractivity contribution in [3.63, 3.8) is 0 Å². The van der Waals surface area contributed by atoms with Gasteiger partial charge in [0.2, 0.25) is 5.91 Å². The van der Waals surface area contributed by atoms with Crippen molar-refractivity contribution in [1.29, 1.82) is 0 Å². The molecule has 1 rings (SSSR count). The highest BCUT2D eigenvalue weighted by atomic mass is 79.9. The standard InChI is InChI=1S/C10H14BrN3O2/c1-10(2,9(16)13-12)6-14-5-7(11)3-4-8(14)15/h3-5H,6,12H2,1-2H3,(H,13,16). The van der Waals surface area contributed by atoms with Crippen LogP contribution in [0.1, 0.15) is 13.8 Å². The normalized spacial score (nSPS) is 11.2. The molecule has 0 aliphatic heterocycles. The molecular weight excluding hydrogens is 274 g/mol. The molecule has 1 aromatic rings. The molecule has 0 fully saturated rings. The molecule has 0 saturated carbocycles. The van der Waals surface area contributed by atoms with E-state index in [0.29, 0.717) is 0 Å². The van der Waals surface area contributed by atoms with Crippen molar-refractivity contribution >= 4 is 21.8 Å². The second kappa shape index (κ2) is 4.80. The number of hydrazine groups is 1. The van der Waals surface area contributed by atoms with E-state index in [9.17, 15) is 9.59 Å². The summed E-state index contributed by atoms with van der Waals surface area (Å²) >= 11 is 3.27. The number of aromatic nitrogens is 1. The highest BCUT2D eigenvalue weighted by Gasteiger charge is 2.27. The minimum atomic E-state index is -0.737. The van der Waals surface area contributed by atoms with E-state index >= 15 is 0 Å². The number of rotatable bonds is 3. The van der Waals surface area contributed by atoms with Crippen molar-refractivity contribution < 1.29 is 4.79 Å². The van der Waals surface area contributed by atoms with Crippen LogP contribution < -0.4 is 16.8 Å². The smallest absolute Gasteiger partial charge is 0.250 e. The molecule has 5 nitrogen and oxygen atoms in total. The number of nitrogens with two attached hydrogens (primary N) is 1. The minimum Gasteiger partial charge on any atom is -0.313 e. The first-order valence-electron chi connectivity index (χ1n) is 4.74. The fraction of sp³-hybridized carbons (Fsp3) is 0.400. The molecule has 88 valence electrons. The Hall–Kier alpha value is -1.14. The number of halogens is 1. The predicted molar refractivity (Wildman–Crippen MR) is 64.5 cm³/mol. The highest BCUT2D eigenvalue weighted by molar-refractivity contribution is 9.10. The quantitative estimate of drug-likeness (QED) is 0.486. The van der Waals surface area contributed by atoms with E-state index in [1.807, 2.05) is 0 Å². The van der Waals surface area contributed by atoms with Gasteiger partial charge in [-0.1, -0.05) is 0 Å². The molecule has 0 atom stereocenters. The first kappa shape index (κ1) is 12.9. The van der Waals surface area contributed by atoms with E-state index in [4.69, 9.17) is 5.84 Å². The first-order valence-corrected chi connectivity index (χ1v) is 5.53. The van der Waals surface area contributed by atoms with Crippen molar-refractivity contribution in [3.8, 4) is 0 Å². The van der Waals surface area contributed by atoms with Crippen molar-refractivity contribution in [2.24, 2.45) is 11.3 Å². The van der Waals surface area contributed by atoms with E-state index in [0.717, 1.165) is 4.47 Å². The van der Waals surface area contributed by atoms with Crippen molar-refractivity contribution in [2.75, 3.05) is 0 Å². The summed E-state index contributed by atoms with van der Waals surface area (Å²) in [5.74, 6) is 4.78. The number of nitrogens with one attached hydrogen (secondary N) is 1. The predicted octanol–water partition coefficient (Wildman–Crippen LogP) is 0.627. The average molecular weight is 288 g/mol. The molecule has 16 heavy (non-hydrogen) atoms. The van der Waals surface area contributed by atoms with Crippen LogP contribution in [0.25, 0.3) is 0 Å². The van der Waals surface area contributed by atoms with Crippen LogP contribution in [0.5, 0.6) is 0 Å². The van der Waals surface area contributed by atoms with Crippen molar-refractivity contribution in [3.05, 3.63) is 33.2 Å². The fourth-order valence-electron chi connectivity index (χ4n) is 1.32. The molecule has 1 heterocycles. The summed E-state index contributed by atoms with van der Waals surface area (Å²) in [4.78, 5) is 23.0. The van der Waals surface area contributed by atoms with E-state index in [1.165, 1.54) is 10.6 Å². The van der Waals surface area contributed by atoms with Gasteiger partial charge >= 0.3 is 0 Å². The number of nitrogens with zero attached hydrogens (tertiary/aromatic N) is 1. The summed E-state index contributed by atoms with van der Waals surface area (Å²) in [6.07, 6.45) is 1.65. The van der Waals surface area contributed by atoms with Crippen LogP contribution in [0.15, 0.2) is 27.6 Å². The Kier molecular flexibility index (Phi) is 3.88. The Morgan fingerprint density at radius 1 is 1.56 bits per heavy atom. The van der Waals surface area contributed by atoms with E-state index in [2.05, 4.69) is 21.4 Å². The molecule has 0 aliphatic carbocycles. The molecular formula is C10H14BrN3O2. The first-order chi connectivity index (χ1) is 7.36. The maximum atomic E-state index is 11.5.